The molecule has 0 radical (unpaired) electrons. The van der Waals surface area contributed by atoms with Crippen LogP contribution in [0, 0.1) is 0 Å². The molecule has 0 aliphatic carbocycles. The van der Waals surface area contributed by atoms with Gasteiger partial charge in [-0.05, 0) is 29.8 Å². The molecule has 0 bridgehead atoms. The maximum atomic E-state index is 4.31. The maximum absolute atomic E-state index is 4.31. The van der Waals surface area contributed by atoms with E-state index < -0.39 is 0 Å². The summed E-state index contributed by atoms with van der Waals surface area (Å²) < 4.78 is 2.10. The number of imidazole rings is 1. The summed E-state index contributed by atoms with van der Waals surface area (Å²) in [4.78, 5) is 6.40. The standard InChI is InChI=1S/C15H15N3/c1-17(2)13-8-6-12(7-9-13)14-4-3-5-15-16-10-11-18(14)15/h3-11H,1-2H3. The summed E-state index contributed by atoms with van der Waals surface area (Å²) >= 11 is 0. The number of nitrogens with zero attached hydrogens (tertiary/aromatic N) is 3. The first-order chi connectivity index (χ1) is 8.75. The number of hydrogen-bond donors (Lipinski definition) is 0. The van der Waals surface area contributed by atoms with Crippen molar-refractivity contribution < 1.29 is 0 Å². The van der Waals surface area contributed by atoms with Gasteiger partial charge in [-0.1, -0.05) is 18.2 Å². The Bertz CT molecular complexity index is 666. The van der Waals surface area contributed by atoms with Gasteiger partial charge in [-0.15, -0.1) is 0 Å². The molecule has 0 amide bonds. The Labute approximate surface area is 106 Å². The second-order valence-corrected chi connectivity index (χ2v) is 4.51. The average Bonchev–Trinajstić information content (AvgIpc) is 2.87. The first-order valence-corrected chi connectivity index (χ1v) is 5.95. The molecule has 1 aromatic carbocycles. The third-order valence-corrected chi connectivity index (χ3v) is 3.11. The van der Waals surface area contributed by atoms with Gasteiger partial charge in [0.05, 0.1) is 5.69 Å². The molecular formula is C15H15N3. The Hall–Kier alpha value is -2.29. The first kappa shape index (κ1) is 10.8. The van der Waals surface area contributed by atoms with E-state index in [0.717, 1.165) is 11.3 Å². The van der Waals surface area contributed by atoms with E-state index in [1.54, 1.807) is 0 Å². The largest absolute Gasteiger partial charge is 0.378 e. The monoisotopic (exact) mass is 237 g/mol. The molecule has 0 fully saturated rings. The van der Waals surface area contributed by atoms with E-state index in [1.807, 2.05) is 38.6 Å². The van der Waals surface area contributed by atoms with Gasteiger partial charge in [0, 0.05) is 32.2 Å². The Balaban J connectivity index is 2.11. The molecule has 0 atom stereocenters. The van der Waals surface area contributed by atoms with Crippen molar-refractivity contribution in [2.75, 3.05) is 19.0 Å². The fraction of sp³-hybridized carbons (Fsp3) is 0.133. The summed E-state index contributed by atoms with van der Waals surface area (Å²) in [6.07, 6.45) is 3.82. The fourth-order valence-corrected chi connectivity index (χ4v) is 2.11. The van der Waals surface area contributed by atoms with E-state index in [-0.39, 0.29) is 0 Å². The van der Waals surface area contributed by atoms with E-state index in [9.17, 15) is 0 Å². The summed E-state index contributed by atoms with van der Waals surface area (Å²) in [7, 11) is 4.09. The van der Waals surface area contributed by atoms with Crippen LogP contribution in [0.15, 0.2) is 54.9 Å². The molecule has 0 spiro atoms. The SMILES string of the molecule is CN(C)c1ccc(-c2cccc3nccn23)cc1. The quantitative estimate of drug-likeness (QED) is 0.682. The highest BCUT2D eigenvalue weighted by Gasteiger charge is 2.03. The lowest BCUT2D eigenvalue weighted by Crippen LogP contribution is -2.08. The molecule has 0 N–H and O–H groups in total. The molecule has 0 aliphatic rings. The molecule has 3 heteroatoms. The zero-order chi connectivity index (χ0) is 12.5. The molecule has 0 saturated heterocycles. The summed E-state index contributed by atoms with van der Waals surface area (Å²) in [6.45, 7) is 0. The Morgan fingerprint density at radius 1 is 1.00 bits per heavy atom. The lowest BCUT2D eigenvalue weighted by Gasteiger charge is -2.13. The number of fused-ring (bicyclic) bond motifs is 1. The minimum absolute atomic E-state index is 0.976. The predicted molar refractivity (Wildman–Crippen MR) is 75.0 cm³/mol. The van der Waals surface area contributed by atoms with Crippen LogP contribution < -0.4 is 4.90 Å². The maximum Gasteiger partial charge on any atom is 0.137 e. The van der Waals surface area contributed by atoms with Crippen molar-refractivity contribution in [2.24, 2.45) is 0 Å². The van der Waals surface area contributed by atoms with Gasteiger partial charge in [-0.3, -0.25) is 4.40 Å². The van der Waals surface area contributed by atoms with Gasteiger partial charge < -0.3 is 4.90 Å². The number of anilines is 1. The molecule has 18 heavy (non-hydrogen) atoms. The smallest absolute Gasteiger partial charge is 0.137 e. The lowest BCUT2D eigenvalue weighted by atomic mass is 10.1. The Morgan fingerprint density at radius 3 is 2.50 bits per heavy atom. The van der Waals surface area contributed by atoms with Crippen LogP contribution >= 0.6 is 0 Å². The highest BCUT2D eigenvalue weighted by molar-refractivity contribution is 5.66. The second-order valence-electron chi connectivity index (χ2n) is 4.51. The summed E-state index contributed by atoms with van der Waals surface area (Å²) in [5.74, 6) is 0. The molecule has 2 aromatic heterocycles. The third-order valence-electron chi connectivity index (χ3n) is 3.11. The van der Waals surface area contributed by atoms with Crippen LogP contribution in [0.1, 0.15) is 0 Å². The molecular weight excluding hydrogens is 222 g/mol. The van der Waals surface area contributed by atoms with Crippen molar-refractivity contribution in [1.82, 2.24) is 9.38 Å². The molecule has 3 nitrogen and oxygen atoms in total. The van der Waals surface area contributed by atoms with Gasteiger partial charge in [0.25, 0.3) is 0 Å². The predicted octanol–water partition coefficient (Wildman–Crippen LogP) is 3.07. The fourth-order valence-electron chi connectivity index (χ4n) is 2.11. The van der Waals surface area contributed by atoms with Crippen molar-refractivity contribution in [2.45, 2.75) is 0 Å². The zero-order valence-corrected chi connectivity index (χ0v) is 10.5. The van der Waals surface area contributed by atoms with E-state index >= 15 is 0 Å². The summed E-state index contributed by atoms with van der Waals surface area (Å²) in [6, 6.07) is 14.7. The molecule has 0 unspecified atom stereocenters. The van der Waals surface area contributed by atoms with Crippen molar-refractivity contribution in [1.29, 1.82) is 0 Å². The number of hydrogen-bond acceptors (Lipinski definition) is 2. The number of pyridine rings is 1. The summed E-state index contributed by atoms with van der Waals surface area (Å²) in [5.41, 5.74) is 4.54. The van der Waals surface area contributed by atoms with Gasteiger partial charge in [-0.25, -0.2) is 4.98 Å². The number of aromatic nitrogens is 2. The highest BCUT2D eigenvalue weighted by atomic mass is 15.1. The zero-order valence-electron chi connectivity index (χ0n) is 10.5. The molecule has 0 aliphatic heterocycles. The first-order valence-electron chi connectivity index (χ1n) is 5.95. The molecule has 90 valence electrons. The molecule has 2 heterocycles. The van der Waals surface area contributed by atoms with Gasteiger partial charge in [0.15, 0.2) is 0 Å². The lowest BCUT2D eigenvalue weighted by molar-refractivity contribution is 1.13. The van der Waals surface area contributed by atoms with E-state index in [1.165, 1.54) is 11.3 Å². The van der Waals surface area contributed by atoms with Crippen LogP contribution in [-0.4, -0.2) is 23.5 Å². The van der Waals surface area contributed by atoms with Crippen molar-refractivity contribution in [3.63, 3.8) is 0 Å². The third kappa shape index (κ3) is 1.74. The van der Waals surface area contributed by atoms with Crippen LogP contribution in [0.5, 0.6) is 0 Å². The topological polar surface area (TPSA) is 20.5 Å². The van der Waals surface area contributed by atoms with Crippen LogP contribution in [0.4, 0.5) is 5.69 Å². The molecule has 3 rings (SSSR count). The average molecular weight is 237 g/mol. The van der Waals surface area contributed by atoms with Gasteiger partial charge in [-0.2, -0.15) is 0 Å². The molecule has 3 aromatic rings. The minimum Gasteiger partial charge on any atom is -0.378 e. The minimum atomic E-state index is 0.976. The van der Waals surface area contributed by atoms with Crippen molar-refractivity contribution in [3.05, 3.63) is 54.9 Å². The second kappa shape index (κ2) is 4.18. The Kier molecular flexibility index (Phi) is 2.52. The highest BCUT2D eigenvalue weighted by Crippen LogP contribution is 2.23. The van der Waals surface area contributed by atoms with Crippen LogP contribution in [0.25, 0.3) is 16.9 Å². The van der Waals surface area contributed by atoms with Crippen molar-refractivity contribution in [3.8, 4) is 11.3 Å². The van der Waals surface area contributed by atoms with E-state index in [4.69, 9.17) is 0 Å². The van der Waals surface area contributed by atoms with E-state index in [0.29, 0.717) is 0 Å². The molecule has 0 saturated carbocycles. The number of benzene rings is 1. The van der Waals surface area contributed by atoms with Gasteiger partial charge in [0.2, 0.25) is 0 Å². The van der Waals surface area contributed by atoms with Crippen LogP contribution in [-0.2, 0) is 0 Å². The normalized spacial score (nSPS) is 10.8. The van der Waals surface area contributed by atoms with Gasteiger partial charge in [0.1, 0.15) is 5.65 Å². The summed E-state index contributed by atoms with van der Waals surface area (Å²) in [5, 5.41) is 0. The number of rotatable bonds is 2. The van der Waals surface area contributed by atoms with Crippen LogP contribution in [0.2, 0.25) is 0 Å². The van der Waals surface area contributed by atoms with Crippen LogP contribution in [0.3, 0.4) is 0 Å². The van der Waals surface area contributed by atoms with Gasteiger partial charge >= 0.3 is 0 Å². The Morgan fingerprint density at radius 2 is 1.78 bits per heavy atom. The van der Waals surface area contributed by atoms with E-state index in [2.05, 4.69) is 44.6 Å². The van der Waals surface area contributed by atoms with Crippen molar-refractivity contribution >= 4 is 11.3 Å².